The standard InChI is InChI=1S/C13H14N2/c1-4-10-5-3-9-14-13(10)12(8-1)15-11-6-2-7-11/h1,3-5,8-9,11,15H,2,6-7H2. The second-order valence-electron chi connectivity index (χ2n) is 4.15. The number of anilines is 1. The third kappa shape index (κ3) is 1.56. The van der Waals surface area contributed by atoms with Gasteiger partial charge in [-0.1, -0.05) is 18.2 Å². The lowest BCUT2D eigenvalue weighted by Gasteiger charge is -2.27. The van der Waals surface area contributed by atoms with Gasteiger partial charge in [-0.05, 0) is 31.4 Å². The van der Waals surface area contributed by atoms with Crippen molar-refractivity contribution < 1.29 is 0 Å². The lowest BCUT2D eigenvalue weighted by molar-refractivity contribution is 0.446. The van der Waals surface area contributed by atoms with Crippen molar-refractivity contribution >= 4 is 16.6 Å². The van der Waals surface area contributed by atoms with E-state index in [0.29, 0.717) is 6.04 Å². The Hall–Kier alpha value is -1.57. The average molecular weight is 198 g/mol. The molecule has 1 aliphatic carbocycles. The summed E-state index contributed by atoms with van der Waals surface area (Å²) in [5, 5.41) is 4.77. The van der Waals surface area contributed by atoms with Gasteiger partial charge in [-0.25, -0.2) is 0 Å². The molecule has 0 radical (unpaired) electrons. The van der Waals surface area contributed by atoms with Crippen molar-refractivity contribution in [2.75, 3.05) is 5.32 Å². The predicted molar refractivity (Wildman–Crippen MR) is 63.0 cm³/mol. The molecule has 1 saturated carbocycles. The van der Waals surface area contributed by atoms with Gasteiger partial charge >= 0.3 is 0 Å². The smallest absolute Gasteiger partial charge is 0.0933 e. The molecular weight excluding hydrogens is 184 g/mol. The summed E-state index contributed by atoms with van der Waals surface area (Å²) < 4.78 is 0. The predicted octanol–water partition coefficient (Wildman–Crippen LogP) is 3.20. The van der Waals surface area contributed by atoms with Crippen LogP contribution in [0.5, 0.6) is 0 Å². The van der Waals surface area contributed by atoms with Gasteiger partial charge in [0, 0.05) is 17.6 Å². The number of hydrogen-bond donors (Lipinski definition) is 1. The minimum Gasteiger partial charge on any atom is -0.381 e. The summed E-state index contributed by atoms with van der Waals surface area (Å²) in [4.78, 5) is 4.43. The SMILES string of the molecule is c1cnc2c(NC3CCC3)cccc2c1. The zero-order valence-electron chi connectivity index (χ0n) is 8.61. The van der Waals surface area contributed by atoms with E-state index in [2.05, 4.69) is 34.6 Å². The number of nitrogens with one attached hydrogen (secondary N) is 1. The van der Waals surface area contributed by atoms with Crippen LogP contribution in [0, 0.1) is 0 Å². The Bertz CT molecular complexity index is 469. The summed E-state index contributed by atoms with van der Waals surface area (Å²) in [7, 11) is 0. The van der Waals surface area contributed by atoms with Crippen LogP contribution in [0.3, 0.4) is 0 Å². The molecule has 1 aliphatic rings. The van der Waals surface area contributed by atoms with Gasteiger partial charge in [0.2, 0.25) is 0 Å². The van der Waals surface area contributed by atoms with Crippen LogP contribution in [0.4, 0.5) is 5.69 Å². The fourth-order valence-electron chi connectivity index (χ4n) is 1.99. The number of fused-ring (bicyclic) bond motifs is 1. The first-order valence-electron chi connectivity index (χ1n) is 5.54. The van der Waals surface area contributed by atoms with Gasteiger partial charge < -0.3 is 5.32 Å². The van der Waals surface area contributed by atoms with Crippen LogP contribution < -0.4 is 5.32 Å². The molecule has 2 heteroatoms. The van der Waals surface area contributed by atoms with Crippen LogP contribution in [-0.2, 0) is 0 Å². The van der Waals surface area contributed by atoms with Gasteiger partial charge in [-0.15, -0.1) is 0 Å². The van der Waals surface area contributed by atoms with Gasteiger partial charge in [-0.2, -0.15) is 0 Å². The molecule has 76 valence electrons. The highest BCUT2D eigenvalue weighted by Gasteiger charge is 2.17. The molecular formula is C13H14N2. The number of nitrogens with zero attached hydrogens (tertiary/aromatic N) is 1. The van der Waals surface area contributed by atoms with Crippen molar-refractivity contribution in [1.29, 1.82) is 0 Å². The van der Waals surface area contributed by atoms with Crippen molar-refractivity contribution in [3.8, 4) is 0 Å². The van der Waals surface area contributed by atoms with Crippen LogP contribution in [0.25, 0.3) is 10.9 Å². The van der Waals surface area contributed by atoms with E-state index < -0.39 is 0 Å². The molecule has 0 atom stereocenters. The number of hydrogen-bond acceptors (Lipinski definition) is 2. The average Bonchev–Trinajstić information content (AvgIpc) is 2.23. The molecule has 15 heavy (non-hydrogen) atoms. The lowest BCUT2D eigenvalue weighted by Crippen LogP contribution is -2.27. The number of para-hydroxylation sites is 1. The van der Waals surface area contributed by atoms with Crippen molar-refractivity contribution in [1.82, 2.24) is 4.98 Å². The molecule has 1 fully saturated rings. The van der Waals surface area contributed by atoms with Crippen LogP contribution in [-0.4, -0.2) is 11.0 Å². The molecule has 2 nitrogen and oxygen atoms in total. The molecule has 1 aromatic carbocycles. The first-order chi connectivity index (χ1) is 7.43. The van der Waals surface area contributed by atoms with Crippen LogP contribution in [0.15, 0.2) is 36.5 Å². The maximum atomic E-state index is 4.43. The third-order valence-electron chi connectivity index (χ3n) is 3.10. The van der Waals surface area contributed by atoms with Crippen molar-refractivity contribution in [3.63, 3.8) is 0 Å². The Balaban J connectivity index is 2.01. The Morgan fingerprint density at radius 1 is 1.13 bits per heavy atom. The maximum absolute atomic E-state index is 4.43. The quantitative estimate of drug-likeness (QED) is 0.801. The molecule has 1 heterocycles. The monoisotopic (exact) mass is 198 g/mol. The molecule has 0 amide bonds. The topological polar surface area (TPSA) is 24.9 Å². The van der Waals surface area contributed by atoms with E-state index in [4.69, 9.17) is 0 Å². The molecule has 0 aliphatic heterocycles. The number of rotatable bonds is 2. The summed E-state index contributed by atoms with van der Waals surface area (Å²) >= 11 is 0. The first kappa shape index (κ1) is 8.72. The van der Waals surface area contributed by atoms with Gasteiger partial charge in [0.05, 0.1) is 11.2 Å². The van der Waals surface area contributed by atoms with E-state index in [1.807, 2.05) is 12.3 Å². The molecule has 1 aromatic heterocycles. The van der Waals surface area contributed by atoms with Crippen LogP contribution in [0.1, 0.15) is 19.3 Å². The van der Waals surface area contributed by atoms with E-state index in [0.717, 1.165) is 5.52 Å². The Labute approximate surface area is 89.3 Å². The zero-order valence-corrected chi connectivity index (χ0v) is 8.61. The minimum absolute atomic E-state index is 0.664. The molecule has 0 bridgehead atoms. The summed E-state index contributed by atoms with van der Waals surface area (Å²) in [6.07, 6.45) is 5.80. The number of benzene rings is 1. The van der Waals surface area contributed by atoms with E-state index in [-0.39, 0.29) is 0 Å². The highest BCUT2D eigenvalue weighted by atomic mass is 14.9. The van der Waals surface area contributed by atoms with E-state index >= 15 is 0 Å². The molecule has 0 saturated heterocycles. The first-order valence-corrected chi connectivity index (χ1v) is 5.54. The van der Waals surface area contributed by atoms with Crippen LogP contribution >= 0.6 is 0 Å². The largest absolute Gasteiger partial charge is 0.381 e. The summed E-state index contributed by atoms with van der Waals surface area (Å²) in [6, 6.07) is 11.1. The summed E-state index contributed by atoms with van der Waals surface area (Å²) in [5.74, 6) is 0. The van der Waals surface area contributed by atoms with E-state index in [9.17, 15) is 0 Å². The Morgan fingerprint density at radius 2 is 2.00 bits per heavy atom. The van der Waals surface area contributed by atoms with Crippen molar-refractivity contribution in [3.05, 3.63) is 36.5 Å². The number of pyridine rings is 1. The molecule has 2 aromatic rings. The van der Waals surface area contributed by atoms with Gasteiger partial charge in [-0.3, -0.25) is 4.98 Å². The fraction of sp³-hybridized carbons (Fsp3) is 0.308. The number of aromatic nitrogens is 1. The van der Waals surface area contributed by atoms with Crippen molar-refractivity contribution in [2.24, 2.45) is 0 Å². The molecule has 0 unspecified atom stereocenters. The van der Waals surface area contributed by atoms with Crippen LogP contribution in [0.2, 0.25) is 0 Å². The summed E-state index contributed by atoms with van der Waals surface area (Å²) in [5.41, 5.74) is 2.27. The van der Waals surface area contributed by atoms with Crippen molar-refractivity contribution in [2.45, 2.75) is 25.3 Å². The lowest BCUT2D eigenvalue weighted by atomic mass is 9.93. The van der Waals surface area contributed by atoms with Gasteiger partial charge in [0.15, 0.2) is 0 Å². The maximum Gasteiger partial charge on any atom is 0.0933 e. The normalized spacial score (nSPS) is 16.3. The zero-order chi connectivity index (χ0) is 10.1. The Morgan fingerprint density at radius 3 is 2.80 bits per heavy atom. The minimum atomic E-state index is 0.664. The van der Waals surface area contributed by atoms with E-state index in [1.165, 1.54) is 30.3 Å². The van der Waals surface area contributed by atoms with E-state index in [1.54, 1.807) is 0 Å². The summed E-state index contributed by atoms with van der Waals surface area (Å²) in [6.45, 7) is 0. The Kier molecular flexibility index (Phi) is 2.05. The highest BCUT2D eigenvalue weighted by Crippen LogP contribution is 2.27. The second-order valence-corrected chi connectivity index (χ2v) is 4.15. The third-order valence-corrected chi connectivity index (χ3v) is 3.10. The van der Waals surface area contributed by atoms with Gasteiger partial charge in [0.25, 0.3) is 0 Å². The molecule has 0 spiro atoms. The van der Waals surface area contributed by atoms with Gasteiger partial charge in [0.1, 0.15) is 0 Å². The molecule has 3 rings (SSSR count). The highest BCUT2D eigenvalue weighted by molar-refractivity contribution is 5.90. The fourth-order valence-corrected chi connectivity index (χ4v) is 1.99. The second kappa shape index (κ2) is 3.54. The molecule has 1 N–H and O–H groups in total.